The van der Waals surface area contributed by atoms with Crippen LogP contribution in [-0.2, 0) is 28.6 Å². The molecule has 1 atom stereocenters. The summed E-state index contributed by atoms with van der Waals surface area (Å²) in [6, 6.07) is 0. The Labute approximate surface area is 455 Å². The van der Waals surface area contributed by atoms with E-state index in [0.29, 0.717) is 19.3 Å². The van der Waals surface area contributed by atoms with Crippen LogP contribution in [0.15, 0.2) is 134 Å². The van der Waals surface area contributed by atoms with Crippen LogP contribution in [0.4, 0.5) is 0 Å². The van der Waals surface area contributed by atoms with Crippen LogP contribution in [0, 0.1) is 0 Å². The predicted molar refractivity (Wildman–Crippen MR) is 320 cm³/mol. The molecule has 0 rings (SSSR count). The minimum atomic E-state index is -0.819. The van der Waals surface area contributed by atoms with Crippen LogP contribution >= 0.6 is 0 Å². The van der Waals surface area contributed by atoms with E-state index in [2.05, 4.69) is 142 Å². The zero-order valence-electron chi connectivity index (χ0n) is 47.8. The maximum atomic E-state index is 12.9. The van der Waals surface area contributed by atoms with Gasteiger partial charge in [-0.25, -0.2) is 0 Å². The van der Waals surface area contributed by atoms with Crippen molar-refractivity contribution in [2.24, 2.45) is 0 Å². The lowest BCUT2D eigenvalue weighted by atomic mass is 10.1. The van der Waals surface area contributed by atoms with Crippen molar-refractivity contribution >= 4 is 17.9 Å². The normalized spacial score (nSPS) is 13.1. The highest BCUT2D eigenvalue weighted by molar-refractivity contribution is 5.71. The number of unbranched alkanes of at least 4 members (excludes halogenated alkanes) is 20. The summed E-state index contributed by atoms with van der Waals surface area (Å²) in [7, 11) is 0. The van der Waals surface area contributed by atoms with Gasteiger partial charge in [0.2, 0.25) is 0 Å². The second kappa shape index (κ2) is 61.1. The fourth-order valence-corrected chi connectivity index (χ4v) is 7.92. The molecule has 0 aliphatic carbocycles. The molecule has 74 heavy (non-hydrogen) atoms. The van der Waals surface area contributed by atoms with Gasteiger partial charge < -0.3 is 14.2 Å². The Hall–Kier alpha value is -4.45. The second-order valence-electron chi connectivity index (χ2n) is 19.5. The number of esters is 3. The number of carbonyl (C=O) groups excluding carboxylic acids is 3. The molecule has 0 fully saturated rings. The summed E-state index contributed by atoms with van der Waals surface area (Å²) >= 11 is 0. The lowest BCUT2D eigenvalue weighted by molar-refractivity contribution is -0.166. The first-order chi connectivity index (χ1) is 36.5. The summed E-state index contributed by atoms with van der Waals surface area (Å²) in [6.45, 7) is 6.33. The first-order valence-corrected chi connectivity index (χ1v) is 30.2. The Kier molecular flexibility index (Phi) is 57.4. The van der Waals surface area contributed by atoms with Gasteiger partial charge in [0.15, 0.2) is 6.10 Å². The van der Waals surface area contributed by atoms with E-state index in [1.807, 2.05) is 12.2 Å². The lowest BCUT2D eigenvalue weighted by Crippen LogP contribution is -2.30. The van der Waals surface area contributed by atoms with Crippen LogP contribution in [0.1, 0.15) is 258 Å². The molecule has 0 saturated heterocycles. The summed E-state index contributed by atoms with van der Waals surface area (Å²) in [5.41, 5.74) is 0. The number of rotatable bonds is 53. The Morgan fingerprint density at radius 3 is 0.919 bits per heavy atom. The summed E-state index contributed by atoms with van der Waals surface area (Å²) < 4.78 is 16.8. The molecule has 0 N–H and O–H groups in total. The van der Waals surface area contributed by atoms with Crippen molar-refractivity contribution in [1.29, 1.82) is 0 Å². The van der Waals surface area contributed by atoms with Crippen molar-refractivity contribution in [3.63, 3.8) is 0 Å². The number of carbonyl (C=O) groups is 3. The Morgan fingerprint density at radius 2 is 0.554 bits per heavy atom. The number of ether oxygens (including phenoxy) is 3. The predicted octanol–water partition coefficient (Wildman–Crippen LogP) is 20.6. The SMILES string of the molecule is CC/C=C\C/C=C\C/C=C\C/C=C\C/C=C\C/C=C\CCCCCCCCCCC(=O)OCC(COC(=O)CC/C=C\C/C=C\C/C=C\C/C=C\CC)OC(=O)CCCCCCC/C=C\CCCCCCCCC. The van der Waals surface area contributed by atoms with Gasteiger partial charge in [-0.15, -0.1) is 0 Å². The van der Waals surface area contributed by atoms with E-state index in [4.69, 9.17) is 14.2 Å². The van der Waals surface area contributed by atoms with Crippen LogP contribution in [0.5, 0.6) is 0 Å². The van der Waals surface area contributed by atoms with E-state index in [0.717, 1.165) is 122 Å². The zero-order valence-corrected chi connectivity index (χ0v) is 47.8. The zero-order chi connectivity index (χ0) is 53.6. The fraction of sp³-hybridized carbons (Fsp3) is 0.632. The van der Waals surface area contributed by atoms with Gasteiger partial charge in [0.1, 0.15) is 13.2 Å². The Bertz CT molecular complexity index is 1600. The molecule has 0 radical (unpaired) electrons. The summed E-state index contributed by atoms with van der Waals surface area (Å²) in [5, 5.41) is 0. The molecule has 0 saturated carbocycles. The van der Waals surface area contributed by atoms with Gasteiger partial charge in [-0.2, -0.15) is 0 Å². The molecular weight excluding hydrogens is 913 g/mol. The highest BCUT2D eigenvalue weighted by Gasteiger charge is 2.19. The highest BCUT2D eigenvalue weighted by Crippen LogP contribution is 2.14. The van der Waals surface area contributed by atoms with Crippen LogP contribution in [0.3, 0.4) is 0 Å². The minimum Gasteiger partial charge on any atom is -0.462 e. The van der Waals surface area contributed by atoms with Gasteiger partial charge in [-0.3, -0.25) is 14.4 Å². The second-order valence-corrected chi connectivity index (χ2v) is 19.5. The van der Waals surface area contributed by atoms with Gasteiger partial charge in [0, 0.05) is 19.3 Å². The maximum absolute atomic E-state index is 12.9. The van der Waals surface area contributed by atoms with Crippen molar-refractivity contribution in [2.75, 3.05) is 13.2 Å². The molecule has 1 unspecified atom stereocenters. The summed E-state index contributed by atoms with van der Waals surface area (Å²) in [5.74, 6) is -1.01. The molecule has 418 valence electrons. The van der Waals surface area contributed by atoms with E-state index < -0.39 is 6.10 Å². The Balaban J connectivity index is 4.40. The molecule has 0 aromatic carbocycles. The molecule has 6 nitrogen and oxygen atoms in total. The largest absolute Gasteiger partial charge is 0.462 e. The van der Waals surface area contributed by atoms with E-state index in [1.165, 1.54) is 89.9 Å². The molecule has 0 heterocycles. The van der Waals surface area contributed by atoms with Gasteiger partial charge >= 0.3 is 17.9 Å². The highest BCUT2D eigenvalue weighted by atomic mass is 16.6. The fourth-order valence-electron chi connectivity index (χ4n) is 7.92. The van der Waals surface area contributed by atoms with E-state index in [1.54, 1.807) is 0 Å². The summed E-state index contributed by atoms with van der Waals surface area (Å²) in [6.07, 6.45) is 86.1. The van der Waals surface area contributed by atoms with Crippen molar-refractivity contribution in [2.45, 2.75) is 264 Å². The molecule has 0 aromatic rings. The van der Waals surface area contributed by atoms with Crippen molar-refractivity contribution in [1.82, 2.24) is 0 Å². The maximum Gasteiger partial charge on any atom is 0.306 e. The monoisotopic (exact) mass is 1020 g/mol. The lowest BCUT2D eigenvalue weighted by Gasteiger charge is -2.18. The average molecular weight is 1020 g/mol. The van der Waals surface area contributed by atoms with E-state index in [9.17, 15) is 14.4 Å². The van der Waals surface area contributed by atoms with E-state index >= 15 is 0 Å². The number of hydrogen-bond acceptors (Lipinski definition) is 6. The third kappa shape index (κ3) is 58.4. The molecule has 0 spiro atoms. The van der Waals surface area contributed by atoms with Gasteiger partial charge in [0.25, 0.3) is 0 Å². The molecular formula is C68H110O6. The molecule has 0 aliphatic rings. The van der Waals surface area contributed by atoms with Gasteiger partial charge in [-0.05, 0) is 122 Å². The number of allylic oxidation sites excluding steroid dienone is 22. The minimum absolute atomic E-state index is 0.111. The number of hydrogen-bond donors (Lipinski definition) is 0. The van der Waals surface area contributed by atoms with Crippen LogP contribution in [-0.4, -0.2) is 37.2 Å². The smallest absolute Gasteiger partial charge is 0.306 e. The van der Waals surface area contributed by atoms with Crippen LogP contribution in [0.25, 0.3) is 0 Å². The third-order valence-electron chi connectivity index (χ3n) is 12.4. The first kappa shape index (κ1) is 69.5. The standard InChI is InChI=1S/C68H110O6/c1-4-7-10-13-16-19-22-25-27-29-30-31-32-33-34-35-36-37-38-39-41-43-46-49-52-55-58-61-67(70)73-64-65(63-72-66(69)60-57-54-51-48-45-42-24-21-18-15-12-9-6-3)74-68(71)62-59-56-53-50-47-44-40-28-26-23-20-17-14-11-8-5-2/h7,9-10,12,16,18-19,21,25,27-28,30-31,33-34,36-37,40,42,45,51,54,65H,4-6,8,11,13-15,17,20,22-24,26,29,32,35,38-39,41,43-44,46-50,52-53,55-64H2,1-3H3/b10-7-,12-9-,19-16-,21-18-,27-25-,31-30-,34-33-,37-36-,40-28-,45-42-,54-51-. The molecule has 0 amide bonds. The van der Waals surface area contributed by atoms with Gasteiger partial charge in [-0.1, -0.05) is 251 Å². The molecule has 0 bridgehead atoms. The molecule has 0 aliphatic heterocycles. The average Bonchev–Trinajstić information content (AvgIpc) is 3.40. The van der Waals surface area contributed by atoms with Gasteiger partial charge in [0.05, 0.1) is 0 Å². The topological polar surface area (TPSA) is 78.9 Å². The van der Waals surface area contributed by atoms with Crippen LogP contribution < -0.4 is 0 Å². The first-order valence-electron chi connectivity index (χ1n) is 30.2. The quantitative estimate of drug-likeness (QED) is 0.0261. The third-order valence-corrected chi connectivity index (χ3v) is 12.4. The molecule has 6 heteroatoms. The van der Waals surface area contributed by atoms with E-state index in [-0.39, 0.29) is 37.5 Å². The van der Waals surface area contributed by atoms with Crippen molar-refractivity contribution in [3.05, 3.63) is 134 Å². The Morgan fingerprint density at radius 1 is 0.284 bits per heavy atom. The van der Waals surface area contributed by atoms with Crippen LogP contribution in [0.2, 0.25) is 0 Å². The summed E-state index contributed by atoms with van der Waals surface area (Å²) in [4.78, 5) is 38.2. The van der Waals surface area contributed by atoms with Crippen molar-refractivity contribution in [3.8, 4) is 0 Å². The van der Waals surface area contributed by atoms with Crippen molar-refractivity contribution < 1.29 is 28.6 Å². The molecule has 0 aromatic heterocycles.